The van der Waals surface area contributed by atoms with Gasteiger partial charge in [-0.3, -0.25) is 0 Å². The van der Waals surface area contributed by atoms with Crippen molar-refractivity contribution in [2.75, 3.05) is 0 Å². The van der Waals surface area contributed by atoms with Crippen molar-refractivity contribution in [1.29, 1.82) is 0 Å². The predicted octanol–water partition coefficient (Wildman–Crippen LogP) is 7.41. The number of hydrogen-bond donors (Lipinski definition) is 0. The van der Waals surface area contributed by atoms with E-state index < -0.39 is 0 Å². The molecule has 2 unspecified atom stereocenters. The molecule has 3 heteroatoms. The number of hydrogen-bond acceptors (Lipinski definition) is 0. The standard InChI is InChI=1S/C29H37.C15H14.C7H9.2ClH.Zr/c1-18-25-22-17-19-13-9-10-14-20(19)24(22)21-15-11-12-16-23(21)29(25,8)28(6,7)27(4,5)26(18,2)3;1-12-3-7-14(8-4-12)11-15-9-5-13(2)6-10-15;1-6-3-4-7(2)5-6;;;/h9-11,13-15,23H,12,16-17H2,1-8H3;3-10H,1-2H3;3-5H,1-2H3;2*1H;/q-1;;-1;;;+2/p-2. The van der Waals surface area contributed by atoms with Crippen molar-refractivity contribution in [2.24, 2.45) is 27.6 Å². The van der Waals surface area contributed by atoms with E-state index in [1.54, 1.807) is 28.2 Å². The molecule has 0 aliphatic heterocycles. The Morgan fingerprint density at radius 2 is 1.30 bits per heavy atom. The third-order valence-electron chi connectivity index (χ3n) is 14.5. The van der Waals surface area contributed by atoms with Crippen LogP contribution in [0.4, 0.5) is 0 Å². The fraction of sp³-hybridized carbons (Fsp3) is 0.392. The van der Waals surface area contributed by atoms with Crippen molar-refractivity contribution < 1.29 is 49.0 Å². The number of halogens is 2. The molecule has 0 nitrogen and oxygen atoms in total. The van der Waals surface area contributed by atoms with Crippen LogP contribution in [0.5, 0.6) is 0 Å². The zero-order valence-corrected chi connectivity index (χ0v) is 38.7. The fourth-order valence-corrected chi connectivity index (χ4v) is 10.7. The molecule has 1 saturated carbocycles. The minimum atomic E-state index is 0. The third kappa shape index (κ3) is 7.37. The first-order chi connectivity index (χ1) is 24.4. The van der Waals surface area contributed by atoms with Gasteiger partial charge in [0.15, 0.2) is 0 Å². The van der Waals surface area contributed by atoms with Crippen LogP contribution in [0.3, 0.4) is 0 Å². The van der Waals surface area contributed by atoms with E-state index in [9.17, 15) is 0 Å². The van der Waals surface area contributed by atoms with Crippen LogP contribution in [-0.2, 0) is 30.7 Å². The Balaban J connectivity index is 0.000000218. The van der Waals surface area contributed by atoms with Crippen molar-refractivity contribution in [3.05, 3.63) is 170 Å². The van der Waals surface area contributed by atoms with Gasteiger partial charge in [-0.25, -0.2) is 17.5 Å². The Hall–Kier alpha value is -2.57. The second kappa shape index (κ2) is 16.5. The summed E-state index contributed by atoms with van der Waals surface area (Å²) in [5.41, 5.74) is 18.3. The van der Waals surface area contributed by atoms with E-state index >= 15 is 0 Å². The normalized spacial score (nSPS) is 22.1. The Labute approximate surface area is 355 Å². The van der Waals surface area contributed by atoms with Crippen molar-refractivity contribution in [3.8, 4) is 0 Å². The van der Waals surface area contributed by atoms with Crippen LogP contribution in [0, 0.1) is 61.2 Å². The van der Waals surface area contributed by atoms with Gasteiger partial charge in [0.25, 0.3) is 0 Å². The molecule has 4 aromatic rings. The van der Waals surface area contributed by atoms with Crippen LogP contribution in [-0.4, -0.2) is 3.21 Å². The summed E-state index contributed by atoms with van der Waals surface area (Å²) >= 11 is 1.46. The molecule has 0 amide bonds. The summed E-state index contributed by atoms with van der Waals surface area (Å²) in [6, 6.07) is 33.1. The molecule has 0 heterocycles. The molecular weight excluding hydrogens is 775 g/mol. The minimum Gasteiger partial charge on any atom is -1.00 e. The zero-order valence-electron chi connectivity index (χ0n) is 34.8. The van der Waals surface area contributed by atoms with Gasteiger partial charge in [0.1, 0.15) is 0 Å². The molecule has 0 saturated heterocycles. The van der Waals surface area contributed by atoms with Gasteiger partial charge in [-0.05, 0) is 40.6 Å². The molecule has 0 bridgehead atoms. The summed E-state index contributed by atoms with van der Waals surface area (Å²) in [5.74, 6) is 2.24. The van der Waals surface area contributed by atoms with E-state index in [0.717, 1.165) is 6.42 Å². The Morgan fingerprint density at radius 3 is 1.80 bits per heavy atom. The largest absolute Gasteiger partial charge is 1.00 e. The van der Waals surface area contributed by atoms with Gasteiger partial charge in [0.05, 0.1) is 0 Å². The summed E-state index contributed by atoms with van der Waals surface area (Å²) in [7, 11) is 0. The van der Waals surface area contributed by atoms with Gasteiger partial charge in [-0.1, -0.05) is 127 Å². The van der Waals surface area contributed by atoms with Crippen molar-refractivity contribution >= 4 is 8.78 Å². The third-order valence-corrected chi connectivity index (χ3v) is 16.0. The predicted molar refractivity (Wildman–Crippen MR) is 221 cm³/mol. The molecule has 2 atom stereocenters. The maximum absolute atomic E-state index is 2.62. The molecule has 0 aromatic heterocycles. The molecule has 284 valence electrons. The molecule has 4 aromatic carbocycles. The summed E-state index contributed by atoms with van der Waals surface area (Å²) in [5, 5.41) is 0. The van der Waals surface area contributed by atoms with Gasteiger partial charge in [-0.15, -0.1) is 6.92 Å². The van der Waals surface area contributed by atoms with Gasteiger partial charge in [0, 0.05) is 0 Å². The average Bonchev–Trinajstić information content (AvgIpc) is 3.70. The molecule has 0 radical (unpaired) electrons. The number of fused-ring (bicyclic) bond motifs is 6. The molecule has 1 fully saturated rings. The van der Waals surface area contributed by atoms with Crippen LogP contribution in [0.1, 0.15) is 113 Å². The molecule has 4 aliphatic rings. The van der Waals surface area contributed by atoms with Gasteiger partial charge in [0.2, 0.25) is 0 Å². The smallest absolute Gasteiger partial charge is 1.00 e. The second-order valence-corrected chi connectivity index (χ2v) is 19.1. The van der Waals surface area contributed by atoms with Crippen LogP contribution in [0.25, 0.3) is 5.57 Å². The van der Waals surface area contributed by atoms with Crippen molar-refractivity contribution in [2.45, 2.75) is 102 Å². The number of allylic oxidation sites excluding steroid dienone is 6. The summed E-state index contributed by atoms with van der Waals surface area (Å²) < 4.78 is 1.42. The van der Waals surface area contributed by atoms with Crippen LogP contribution in [0.15, 0.2) is 120 Å². The number of aryl methyl sites for hydroxylation is 4. The zero-order chi connectivity index (χ0) is 37.8. The Morgan fingerprint density at radius 1 is 0.741 bits per heavy atom. The molecule has 8 rings (SSSR count). The average molecular weight is 835 g/mol. The summed E-state index contributed by atoms with van der Waals surface area (Å²) in [4.78, 5) is 0. The fourth-order valence-electron chi connectivity index (χ4n) is 9.89. The van der Waals surface area contributed by atoms with Crippen LogP contribution in [0.2, 0.25) is 0 Å². The van der Waals surface area contributed by atoms with Gasteiger partial charge >= 0.3 is 112 Å². The summed E-state index contributed by atoms with van der Waals surface area (Å²) in [6.45, 7) is 28.7. The van der Waals surface area contributed by atoms with Crippen LogP contribution >= 0.6 is 0 Å². The van der Waals surface area contributed by atoms with E-state index in [1.807, 2.05) is 0 Å². The maximum Gasteiger partial charge on any atom is -1.00 e. The Bertz CT molecular complexity index is 2000. The summed E-state index contributed by atoms with van der Waals surface area (Å²) in [6.07, 6.45) is 8.50. The SMILES string of the molecule is C[C-]1C2=C3Cc4ccccc4C3=C3C=CCCC3C2(C)C(C)(C)C(C)(C)C1(C)C.Cc1c[cH-]c(C)c1.Cc1ccc([C](=[Zr+2])c2ccc(C)cc2)cc1.[Cl-].[Cl-]. The van der Waals surface area contributed by atoms with Crippen molar-refractivity contribution in [3.63, 3.8) is 0 Å². The molecular formula is C51H60Cl2Zr-2. The number of benzene rings is 3. The molecule has 0 spiro atoms. The molecule has 4 aliphatic carbocycles. The van der Waals surface area contributed by atoms with E-state index in [-0.39, 0.29) is 46.5 Å². The van der Waals surface area contributed by atoms with Crippen LogP contribution < -0.4 is 24.8 Å². The minimum absolute atomic E-state index is 0. The first-order valence-electron chi connectivity index (χ1n) is 19.4. The number of rotatable bonds is 2. The van der Waals surface area contributed by atoms with E-state index in [0.29, 0.717) is 5.92 Å². The first-order valence-corrected chi connectivity index (χ1v) is 20.7. The van der Waals surface area contributed by atoms with E-state index in [4.69, 9.17) is 0 Å². The molecule has 0 N–H and O–H groups in total. The van der Waals surface area contributed by atoms with Crippen molar-refractivity contribution in [1.82, 2.24) is 0 Å². The quantitative estimate of drug-likeness (QED) is 0.185. The topological polar surface area (TPSA) is 0 Å². The van der Waals surface area contributed by atoms with E-state index in [2.05, 4.69) is 186 Å². The monoisotopic (exact) mass is 832 g/mol. The first kappa shape index (κ1) is 44.2. The Kier molecular flexibility index (Phi) is 13.5. The molecule has 54 heavy (non-hydrogen) atoms. The van der Waals surface area contributed by atoms with Gasteiger partial charge in [-0.2, -0.15) is 28.8 Å². The second-order valence-electron chi connectivity index (χ2n) is 17.8. The van der Waals surface area contributed by atoms with Gasteiger partial charge < -0.3 is 24.8 Å². The van der Waals surface area contributed by atoms with E-state index in [1.165, 1.54) is 84.8 Å². The maximum atomic E-state index is 2.62.